The number of alkyl halides is 3. The Kier molecular flexibility index (Phi) is 5.36. The Morgan fingerprint density at radius 3 is 2.81 bits per heavy atom. The topological polar surface area (TPSA) is 79.9 Å². The van der Waals surface area contributed by atoms with E-state index in [2.05, 4.69) is 25.2 Å². The summed E-state index contributed by atoms with van der Waals surface area (Å²) >= 11 is 1.61. The lowest BCUT2D eigenvalue weighted by molar-refractivity contribution is -0.274. The van der Waals surface area contributed by atoms with Crippen LogP contribution in [0.5, 0.6) is 5.75 Å². The third kappa shape index (κ3) is 4.57. The van der Waals surface area contributed by atoms with Gasteiger partial charge in [0.25, 0.3) is 5.91 Å². The molecule has 144 valence electrons. The van der Waals surface area contributed by atoms with Crippen LogP contribution in [-0.2, 0) is 12.8 Å². The van der Waals surface area contributed by atoms with E-state index in [4.69, 9.17) is 0 Å². The number of thiazole rings is 1. The van der Waals surface area contributed by atoms with Crippen LogP contribution < -0.4 is 10.1 Å². The number of aromatic nitrogens is 3. The normalized spacial score (nSPS) is 11.7. The van der Waals surface area contributed by atoms with E-state index in [1.54, 1.807) is 11.3 Å². The van der Waals surface area contributed by atoms with Crippen molar-refractivity contribution in [1.82, 2.24) is 20.5 Å². The monoisotopic (exact) mass is 398 g/mol. The molecule has 3 rings (SSSR count). The van der Waals surface area contributed by atoms with Crippen molar-refractivity contribution >= 4 is 28.1 Å². The Balaban J connectivity index is 1.65. The highest BCUT2D eigenvalue weighted by Crippen LogP contribution is 2.27. The summed E-state index contributed by atoms with van der Waals surface area (Å²) in [6.45, 7) is 4.45. The minimum Gasteiger partial charge on any atom is -0.406 e. The SMILES string of the molecule is CCc1nc(CCNC(=O)c2n[nH]c3cc(OC(F)(F)F)ccc23)sc1C. The van der Waals surface area contributed by atoms with Gasteiger partial charge in [-0.1, -0.05) is 6.92 Å². The fourth-order valence-electron chi connectivity index (χ4n) is 2.66. The maximum atomic E-state index is 12.3. The number of aromatic amines is 1. The molecule has 0 spiro atoms. The summed E-state index contributed by atoms with van der Waals surface area (Å²) in [5, 5.41) is 10.6. The minimum absolute atomic E-state index is 0.119. The van der Waals surface area contributed by atoms with Crippen LogP contribution in [0.15, 0.2) is 18.2 Å². The van der Waals surface area contributed by atoms with Crippen molar-refractivity contribution in [2.24, 2.45) is 0 Å². The van der Waals surface area contributed by atoms with Crippen LogP contribution >= 0.6 is 11.3 Å². The largest absolute Gasteiger partial charge is 0.573 e. The van der Waals surface area contributed by atoms with E-state index in [1.807, 2.05) is 13.8 Å². The van der Waals surface area contributed by atoms with Gasteiger partial charge in [0.2, 0.25) is 0 Å². The van der Waals surface area contributed by atoms with Gasteiger partial charge in [0, 0.05) is 29.3 Å². The van der Waals surface area contributed by atoms with Gasteiger partial charge in [0.15, 0.2) is 5.69 Å². The number of aryl methyl sites for hydroxylation is 2. The second kappa shape index (κ2) is 7.55. The number of halogens is 3. The highest BCUT2D eigenvalue weighted by Gasteiger charge is 2.31. The predicted octanol–water partition coefficient (Wildman–Crippen LogP) is 3.76. The Morgan fingerprint density at radius 2 is 2.15 bits per heavy atom. The molecule has 0 aliphatic carbocycles. The molecule has 0 bridgehead atoms. The summed E-state index contributed by atoms with van der Waals surface area (Å²) < 4.78 is 40.7. The molecule has 0 unspecified atom stereocenters. The van der Waals surface area contributed by atoms with Crippen LogP contribution in [0, 0.1) is 6.92 Å². The first kappa shape index (κ1) is 19.2. The van der Waals surface area contributed by atoms with Crippen molar-refractivity contribution in [2.45, 2.75) is 33.1 Å². The molecule has 0 aliphatic heterocycles. The Hall–Kier alpha value is -2.62. The molecule has 10 heteroatoms. The summed E-state index contributed by atoms with van der Waals surface area (Å²) in [5.74, 6) is -0.786. The zero-order chi connectivity index (χ0) is 19.6. The summed E-state index contributed by atoms with van der Waals surface area (Å²) in [5.41, 5.74) is 1.47. The lowest BCUT2D eigenvalue weighted by Gasteiger charge is -2.08. The number of nitrogens with zero attached hydrogens (tertiary/aromatic N) is 2. The molecule has 6 nitrogen and oxygen atoms in total. The van der Waals surface area contributed by atoms with Crippen molar-refractivity contribution in [3.05, 3.63) is 39.5 Å². The third-order valence-electron chi connectivity index (χ3n) is 3.88. The maximum Gasteiger partial charge on any atom is 0.573 e. The number of nitrogens with one attached hydrogen (secondary N) is 2. The number of benzene rings is 1. The number of hydrogen-bond donors (Lipinski definition) is 2. The van der Waals surface area contributed by atoms with E-state index in [9.17, 15) is 18.0 Å². The van der Waals surface area contributed by atoms with Crippen molar-refractivity contribution in [2.75, 3.05) is 6.54 Å². The molecule has 2 N–H and O–H groups in total. The first-order valence-electron chi connectivity index (χ1n) is 8.24. The van der Waals surface area contributed by atoms with Crippen LogP contribution in [0.25, 0.3) is 10.9 Å². The molecule has 27 heavy (non-hydrogen) atoms. The smallest absolute Gasteiger partial charge is 0.406 e. The summed E-state index contributed by atoms with van der Waals surface area (Å²) in [6, 6.07) is 3.66. The highest BCUT2D eigenvalue weighted by atomic mass is 32.1. The van der Waals surface area contributed by atoms with Crippen LogP contribution in [0.1, 0.15) is 33.0 Å². The Labute approximate surface area is 156 Å². The van der Waals surface area contributed by atoms with Gasteiger partial charge in [-0.2, -0.15) is 5.10 Å². The number of rotatable bonds is 6. The number of hydrogen-bond acceptors (Lipinski definition) is 5. The first-order valence-corrected chi connectivity index (χ1v) is 9.05. The van der Waals surface area contributed by atoms with Crippen LogP contribution in [0.2, 0.25) is 0 Å². The van der Waals surface area contributed by atoms with Crippen LogP contribution in [0.3, 0.4) is 0 Å². The molecule has 0 radical (unpaired) electrons. The van der Waals surface area contributed by atoms with Crippen molar-refractivity contribution in [3.8, 4) is 5.75 Å². The van der Waals surface area contributed by atoms with Crippen LogP contribution in [0.4, 0.5) is 13.2 Å². The fraction of sp³-hybridized carbons (Fsp3) is 0.353. The van der Waals surface area contributed by atoms with E-state index >= 15 is 0 Å². The van der Waals surface area contributed by atoms with Gasteiger partial charge < -0.3 is 10.1 Å². The Morgan fingerprint density at radius 1 is 1.37 bits per heavy atom. The number of amides is 1. The van der Waals surface area contributed by atoms with Crippen LogP contribution in [-0.4, -0.2) is 34.0 Å². The summed E-state index contributed by atoms with van der Waals surface area (Å²) in [4.78, 5) is 18.0. The lowest BCUT2D eigenvalue weighted by atomic mass is 10.2. The average Bonchev–Trinajstić information content (AvgIpc) is 3.16. The number of carbonyl (C=O) groups is 1. The van der Waals surface area contributed by atoms with E-state index in [1.165, 1.54) is 10.9 Å². The maximum absolute atomic E-state index is 12.3. The molecule has 1 aromatic carbocycles. The number of H-pyrrole nitrogens is 1. The molecular formula is C17H17F3N4O2S. The quantitative estimate of drug-likeness (QED) is 0.663. The lowest BCUT2D eigenvalue weighted by Crippen LogP contribution is -2.26. The van der Waals surface area contributed by atoms with Gasteiger partial charge in [0.1, 0.15) is 5.75 Å². The van der Waals surface area contributed by atoms with Gasteiger partial charge in [0.05, 0.1) is 16.2 Å². The zero-order valence-corrected chi connectivity index (χ0v) is 15.4. The standard InChI is InChI=1S/C17H17F3N4O2S/c1-3-12-9(2)27-14(22-12)6-7-21-16(25)15-11-5-4-10(26-17(18,19)20)8-13(11)23-24-15/h4-5,8H,3,6-7H2,1-2H3,(H,21,25)(H,23,24). The molecule has 0 aliphatic rings. The van der Waals surface area contributed by atoms with E-state index in [0.29, 0.717) is 18.4 Å². The van der Waals surface area contributed by atoms with E-state index < -0.39 is 12.3 Å². The van der Waals surface area contributed by atoms with E-state index in [-0.39, 0.29) is 17.0 Å². The minimum atomic E-state index is -4.78. The molecule has 2 heterocycles. The van der Waals surface area contributed by atoms with Crippen molar-refractivity contribution < 1.29 is 22.7 Å². The Bertz CT molecular complexity index is 965. The fourth-order valence-corrected chi connectivity index (χ4v) is 3.68. The average molecular weight is 398 g/mol. The van der Waals surface area contributed by atoms with Gasteiger partial charge in [-0.05, 0) is 25.5 Å². The second-order valence-electron chi connectivity index (χ2n) is 5.80. The molecule has 0 saturated carbocycles. The highest BCUT2D eigenvalue weighted by molar-refractivity contribution is 7.11. The summed E-state index contributed by atoms with van der Waals surface area (Å²) in [6.07, 6.45) is -3.31. The molecule has 3 aromatic rings. The molecule has 0 fully saturated rings. The number of fused-ring (bicyclic) bond motifs is 1. The molecular weight excluding hydrogens is 381 g/mol. The number of carbonyl (C=O) groups excluding carboxylic acids is 1. The van der Waals surface area contributed by atoms with Gasteiger partial charge in [-0.15, -0.1) is 24.5 Å². The van der Waals surface area contributed by atoms with Gasteiger partial charge in [-0.3, -0.25) is 9.89 Å². The molecule has 2 aromatic heterocycles. The number of ether oxygens (including phenoxy) is 1. The van der Waals surface area contributed by atoms with Crippen molar-refractivity contribution in [1.29, 1.82) is 0 Å². The van der Waals surface area contributed by atoms with E-state index in [0.717, 1.165) is 29.3 Å². The van der Waals surface area contributed by atoms with Gasteiger partial charge in [-0.25, -0.2) is 4.98 Å². The first-order chi connectivity index (χ1) is 12.8. The van der Waals surface area contributed by atoms with Crippen molar-refractivity contribution in [3.63, 3.8) is 0 Å². The molecule has 0 saturated heterocycles. The zero-order valence-electron chi connectivity index (χ0n) is 14.6. The predicted molar refractivity (Wildman–Crippen MR) is 95.0 cm³/mol. The second-order valence-corrected chi connectivity index (χ2v) is 7.09. The summed E-state index contributed by atoms with van der Waals surface area (Å²) in [7, 11) is 0. The van der Waals surface area contributed by atoms with Gasteiger partial charge >= 0.3 is 6.36 Å². The molecule has 0 atom stereocenters. The third-order valence-corrected chi connectivity index (χ3v) is 4.95. The molecule has 1 amide bonds.